The van der Waals surface area contributed by atoms with Gasteiger partial charge in [0, 0.05) is 5.92 Å². The van der Waals surface area contributed by atoms with Crippen LogP contribution in [0, 0.1) is 11.7 Å². The molecule has 0 saturated heterocycles. The maximum Gasteiger partial charge on any atom is 0.340 e. The standard InChI is InChI=1S/C15H20FNO3/c1-3-6-10(7-4-2)14(18)17-12-9-5-8-11(16)13(12)15(19)20/h5,8-10H,3-4,6-7H2,1-2H3,(H,17,18)(H,19,20). The molecule has 2 N–H and O–H groups in total. The summed E-state index contributed by atoms with van der Waals surface area (Å²) in [5.74, 6) is -2.66. The molecule has 0 aliphatic rings. The van der Waals surface area contributed by atoms with E-state index < -0.39 is 17.3 Å². The van der Waals surface area contributed by atoms with E-state index in [2.05, 4.69) is 5.32 Å². The molecule has 0 aliphatic heterocycles. The number of amides is 1. The van der Waals surface area contributed by atoms with Gasteiger partial charge in [0.25, 0.3) is 0 Å². The van der Waals surface area contributed by atoms with Crippen molar-refractivity contribution < 1.29 is 19.1 Å². The van der Waals surface area contributed by atoms with Crippen LogP contribution in [0.3, 0.4) is 0 Å². The van der Waals surface area contributed by atoms with Crippen molar-refractivity contribution in [2.75, 3.05) is 5.32 Å². The Kier molecular flexibility index (Phi) is 6.15. The number of anilines is 1. The number of carbonyl (C=O) groups is 2. The average molecular weight is 281 g/mol. The molecule has 0 bridgehead atoms. The highest BCUT2D eigenvalue weighted by atomic mass is 19.1. The zero-order valence-corrected chi connectivity index (χ0v) is 11.8. The first kappa shape index (κ1) is 16.1. The molecule has 20 heavy (non-hydrogen) atoms. The van der Waals surface area contributed by atoms with Crippen molar-refractivity contribution in [3.8, 4) is 0 Å². The maximum absolute atomic E-state index is 13.5. The normalized spacial score (nSPS) is 10.6. The van der Waals surface area contributed by atoms with Gasteiger partial charge in [-0.2, -0.15) is 0 Å². The summed E-state index contributed by atoms with van der Waals surface area (Å²) in [6, 6.07) is 3.85. The number of carboxylic acid groups (broad SMARTS) is 1. The third-order valence-corrected chi connectivity index (χ3v) is 3.13. The van der Waals surface area contributed by atoms with Gasteiger partial charge < -0.3 is 10.4 Å². The van der Waals surface area contributed by atoms with E-state index in [0.29, 0.717) is 0 Å². The van der Waals surface area contributed by atoms with Crippen LogP contribution in [0.2, 0.25) is 0 Å². The number of carbonyl (C=O) groups excluding carboxylic acids is 1. The van der Waals surface area contributed by atoms with Gasteiger partial charge >= 0.3 is 5.97 Å². The first-order valence-corrected chi connectivity index (χ1v) is 6.83. The fourth-order valence-electron chi connectivity index (χ4n) is 2.18. The predicted molar refractivity (Wildman–Crippen MR) is 75.3 cm³/mol. The highest BCUT2D eigenvalue weighted by molar-refractivity contribution is 6.01. The molecule has 0 aliphatic carbocycles. The number of aromatic carboxylic acids is 1. The number of hydrogen-bond acceptors (Lipinski definition) is 2. The van der Waals surface area contributed by atoms with Gasteiger partial charge in [-0.05, 0) is 25.0 Å². The van der Waals surface area contributed by atoms with Crippen LogP contribution in [-0.2, 0) is 4.79 Å². The van der Waals surface area contributed by atoms with Crippen LogP contribution >= 0.6 is 0 Å². The van der Waals surface area contributed by atoms with E-state index >= 15 is 0 Å². The van der Waals surface area contributed by atoms with Crippen LogP contribution in [0.1, 0.15) is 49.9 Å². The summed E-state index contributed by atoms with van der Waals surface area (Å²) in [6.07, 6.45) is 3.20. The summed E-state index contributed by atoms with van der Waals surface area (Å²) in [5.41, 5.74) is -0.479. The monoisotopic (exact) mass is 281 g/mol. The number of halogens is 1. The summed E-state index contributed by atoms with van der Waals surface area (Å²) in [4.78, 5) is 23.2. The van der Waals surface area contributed by atoms with Gasteiger partial charge in [-0.3, -0.25) is 4.79 Å². The molecule has 0 fully saturated rings. The molecule has 110 valence electrons. The van der Waals surface area contributed by atoms with E-state index in [4.69, 9.17) is 5.11 Å². The Morgan fingerprint density at radius 2 is 1.85 bits per heavy atom. The van der Waals surface area contributed by atoms with E-state index in [-0.39, 0.29) is 17.5 Å². The van der Waals surface area contributed by atoms with Crippen molar-refractivity contribution in [1.29, 1.82) is 0 Å². The van der Waals surface area contributed by atoms with Gasteiger partial charge in [-0.25, -0.2) is 9.18 Å². The van der Waals surface area contributed by atoms with E-state index in [1.54, 1.807) is 0 Å². The highest BCUT2D eigenvalue weighted by Crippen LogP contribution is 2.22. The lowest BCUT2D eigenvalue weighted by atomic mass is 9.97. The lowest BCUT2D eigenvalue weighted by Gasteiger charge is -2.16. The molecule has 0 atom stereocenters. The third kappa shape index (κ3) is 4.05. The Balaban J connectivity index is 2.94. The second-order valence-corrected chi connectivity index (χ2v) is 4.73. The SMILES string of the molecule is CCCC(CCC)C(=O)Nc1cccc(F)c1C(=O)O. The Bertz CT molecular complexity index is 482. The number of rotatable bonds is 7. The summed E-state index contributed by atoms with van der Waals surface area (Å²) < 4.78 is 13.5. The Hall–Kier alpha value is -1.91. The van der Waals surface area contributed by atoms with Crippen LogP contribution < -0.4 is 5.32 Å². The van der Waals surface area contributed by atoms with Crippen LogP contribution in [0.5, 0.6) is 0 Å². The van der Waals surface area contributed by atoms with Crippen molar-refractivity contribution in [3.63, 3.8) is 0 Å². The quantitative estimate of drug-likeness (QED) is 0.801. The zero-order chi connectivity index (χ0) is 15.1. The van der Waals surface area contributed by atoms with Gasteiger partial charge in [0.15, 0.2) is 0 Å². The molecular formula is C15H20FNO3. The minimum absolute atomic E-state index is 0.0136. The number of nitrogens with one attached hydrogen (secondary N) is 1. The molecule has 1 rings (SSSR count). The van der Waals surface area contributed by atoms with Crippen LogP contribution in [0.25, 0.3) is 0 Å². The molecule has 1 aromatic rings. The third-order valence-electron chi connectivity index (χ3n) is 3.13. The number of benzene rings is 1. The maximum atomic E-state index is 13.5. The fourth-order valence-corrected chi connectivity index (χ4v) is 2.18. The van der Waals surface area contributed by atoms with Gasteiger partial charge in [0.05, 0.1) is 5.69 Å². The highest BCUT2D eigenvalue weighted by Gasteiger charge is 2.21. The Morgan fingerprint density at radius 1 is 1.25 bits per heavy atom. The van der Waals surface area contributed by atoms with E-state index in [1.165, 1.54) is 12.1 Å². The van der Waals surface area contributed by atoms with Crippen LogP contribution in [-0.4, -0.2) is 17.0 Å². The first-order valence-electron chi connectivity index (χ1n) is 6.83. The second-order valence-electron chi connectivity index (χ2n) is 4.73. The number of hydrogen-bond donors (Lipinski definition) is 2. The van der Waals surface area contributed by atoms with Crippen molar-refractivity contribution in [1.82, 2.24) is 0 Å². The van der Waals surface area contributed by atoms with Crippen LogP contribution in [0.15, 0.2) is 18.2 Å². The molecule has 5 heteroatoms. The molecule has 0 unspecified atom stereocenters. The zero-order valence-electron chi connectivity index (χ0n) is 11.8. The van der Waals surface area contributed by atoms with E-state index in [0.717, 1.165) is 31.7 Å². The van der Waals surface area contributed by atoms with Gasteiger partial charge in [-0.1, -0.05) is 32.8 Å². The molecule has 0 saturated carbocycles. The van der Waals surface area contributed by atoms with E-state index in [1.807, 2.05) is 13.8 Å². The van der Waals surface area contributed by atoms with E-state index in [9.17, 15) is 14.0 Å². The average Bonchev–Trinajstić information content (AvgIpc) is 2.38. The summed E-state index contributed by atoms with van der Waals surface area (Å²) >= 11 is 0. The Morgan fingerprint density at radius 3 is 2.35 bits per heavy atom. The second kappa shape index (κ2) is 7.62. The molecular weight excluding hydrogens is 261 g/mol. The minimum Gasteiger partial charge on any atom is -0.478 e. The minimum atomic E-state index is -1.39. The predicted octanol–water partition coefficient (Wildman–Crippen LogP) is 3.68. The van der Waals surface area contributed by atoms with Gasteiger partial charge in [0.1, 0.15) is 11.4 Å². The van der Waals surface area contributed by atoms with Crippen LogP contribution in [0.4, 0.5) is 10.1 Å². The largest absolute Gasteiger partial charge is 0.478 e. The lowest BCUT2D eigenvalue weighted by Crippen LogP contribution is -2.24. The smallest absolute Gasteiger partial charge is 0.340 e. The van der Waals surface area contributed by atoms with Gasteiger partial charge in [-0.15, -0.1) is 0 Å². The molecule has 0 spiro atoms. The van der Waals surface area contributed by atoms with Crippen molar-refractivity contribution in [2.45, 2.75) is 39.5 Å². The molecule has 0 heterocycles. The molecule has 4 nitrogen and oxygen atoms in total. The summed E-state index contributed by atoms with van der Waals surface area (Å²) in [6.45, 7) is 3.97. The molecule has 1 amide bonds. The summed E-state index contributed by atoms with van der Waals surface area (Å²) in [5, 5.41) is 11.6. The van der Waals surface area contributed by atoms with Crippen molar-refractivity contribution in [3.05, 3.63) is 29.6 Å². The van der Waals surface area contributed by atoms with Gasteiger partial charge in [0.2, 0.25) is 5.91 Å². The molecule has 0 radical (unpaired) electrons. The molecule has 1 aromatic carbocycles. The Labute approximate surface area is 118 Å². The fraction of sp³-hybridized carbons (Fsp3) is 0.467. The topological polar surface area (TPSA) is 66.4 Å². The summed E-state index contributed by atoms with van der Waals surface area (Å²) in [7, 11) is 0. The van der Waals surface area contributed by atoms with Crippen molar-refractivity contribution in [2.24, 2.45) is 5.92 Å². The number of carboxylic acids is 1. The molecule has 0 aromatic heterocycles. The first-order chi connectivity index (χ1) is 9.51. The van der Waals surface area contributed by atoms with Crippen molar-refractivity contribution >= 4 is 17.6 Å². The lowest BCUT2D eigenvalue weighted by molar-refractivity contribution is -0.120.